The van der Waals surface area contributed by atoms with Crippen LogP contribution in [-0.2, 0) is 16.9 Å². The van der Waals surface area contributed by atoms with E-state index in [0.717, 1.165) is 22.8 Å². The van der Waals surface area contributed by atoms with Gasteiger partial charge in [-0.2, -0.15) is 0 Å². The number of thiazole rings is 1. The van der Waals surface area contributed by atoms with Gasteiger partial charge in [0.05, 0.1) is 12.2 Å². The molecule has 4 rings (SSSR count). The number of halogens is 3. The highest BCUT2D eigenvalue weighted by atomic mass is 32.1. The van der Waals surface area contributed by atoms with Crippen LogP contribution in [0.1, 0.15) is 23.9 Å². The summed E-state index contributed by atoms with van der Waals surface area (Å²) in [5, 5.41) is 4.96. The number of nitrogens with zero attached hydrogens (tertiary/aromatic N) is 2. The molecule has 1 aliphatic heterocycles. The average molecular weight is 451 g/mol. The van der Waals surface area contributed by atoms with E-state index in [-0.39, 0.29) is 6.54 Å². The molecule has 1 atom stereocenters. The van der Waals surface area contributed by atoms with E-state index >= 15 is 0 Å². The SMILES string of the molecule is Cc1ccc(-c2nc(CN3C(=O)NC(C)(c4ccc(OC(F)(F)F)cc4)C3=O)cs2)o1. The zero-order valence-electron chi connectivity index (χ0n) is 16.3. The first-order valence-corrected chi connectivity index (χ1v) is 9.95. The van der Waals surface area contributed by atoms with Crippen molar-refractivity contribution >= 4 is 23.3 Å². The van der Waals surface area contributed by atoms with Crippen LogP contribution in [0.5, 0.6) is 5.75 Å². The zero-order chi connectivity index (χ0) is 22.4. The Balaban J connectivity index is 1.51. The summed E-state index contributed by atoms with van der Waals surface area (Å²) < 4.78 is 46.4. The van der Waals surface area contributed by atoms with Gasteiger partial charge in [-0.1, -0.05) is 12.1 Å². The molecule has 1 aromatic carbocycles. The molecule has 1 fully saturated rings. The second kappa shape index (κ2) is 7.41. The molecule has 0 spiro atoms. The van der Waals surface area contributed by atoms with Gasteiger partial charge in [0.25, 0.3) is 5.91 Å². The molecule has 1 aliphatic rings. The average Bonchev–Trinajstić information content (AvgIpc) is 3.37. The third kappa shape index (κ3) is 4.13. The lowest BCUT2D eigenvalue weighted by molar-refractivity contribution is -0.274. The number of ether oxygens (including phenoxy) is 1. The lowest BCUT2D eigenvalue weighted by Gasteiger charge is -2.22. The van der Waals surface area contributed by atoms with Gasteiger partial charge in [0, 0.05) is 5.38 Å². The number of carbonyl (C=O) groups is 2. The molecular weight excluding hydrogens is 435 g/mol. The molecule has 0 saturated carbocycles. The molecule has 3 aromatic rings. The number of urea groups is 1. The maximum Gasteiger partial charge on any atom is 0.573 e. The Morgan fingerprint density at radius 1 is 1.19 bits per heavy atom. The maximum atomic E-state index is 13.0. The van der Waals surface area contributed by atoms with Crippen molar-refractivity contribution in [3.63, 3.8) is 0 Å². The Morgan fingerprint density at radius 2 is 1.90 bits per heavy atom. The summed E-state index contributed by atoms with van der Waals surface area (Å²) in [5.41, 5.74) is -0.589. The molecule has 0 radical (unpaired) electrons. The van der Waals surface area contributed by atoms with Gasteiger partial charge in [0.15, 0.2) is 10.8 Å². The fraction of sp³-hybridized carbons (Fsp3) is 0.250. The fourth-order valence-electron chi connectivity index (χ4n) is 3.23. The van der Waals surface area contributed by atoms with Crippen molar-refractivity contribution in [2.75, 3.05) is 0 Å². The monoisotopic (exact) mass is 451 g/mol. The van der Waals surface area contributed by atoms with Crippen LogP contribution in [0.15, 0.2) is 46.2 Å². The Hall–Kier alpha value is -3.34. The maximum absolute atomic E-state index is 13.0. The zero-order valence-corrected chi connectivity index (χ0v) is 17.1. The number of hydrogen-bond donors (Lipinski definition) is 1. The molecular formula is C20H16F3N3O4S. The summed E-state index contributed by atoms with van der Waals surface area (Å²) in [5.74, 6) is 0.377. The third-order valence-electron chi connectivity index (χ3n) is 4.76. The number of imide groups is 1. The van der Waals surface area contributed by atoms with Gasteiger partial charge < -0.3 is 14.5 Å². The molecule has 1 N–H and O–H groups in total. The Morgan fingerprint density at radius 3 is 2.52 bits per heavy atom. The lowest BCUT2D eigenvalue weighted by Crippen LogP contribution is -2.40. The van der Waals surface area contributed by atoms with Gasteiger partial charge in [-0.15, -0.1) is 24.5 Å². The number of carbonyl (C=O) groups excluding carboxylic acids is 2. The van der Waals surface area contributed by atoms with E-state index in [2.05, 4.69) is 15.0 Å². The number of benzene rings is 1. The van der Waals surface area contributed by atoms with E-state index in [1.54, 1.807) is 11.4 Å². The minimum atomic E-state index is -4.82. The number of aryl methyl sites for hydroxylation is 1. The van der Waals surface area contributed by atoms with Crippen molar-refractivity contribution in [2.45, 2.75) is 32.3 Å². The van der Waals surface area contributed by atoms with Gasteiger partial charge in [-0.05, 0) is 43.7 Å². The molecule has 3 heterocycles. The first kappa shape index (κ1) is 20.9. The molecule has 11 heteroatoms. The Bertz CT molecular complexity index is 1140. The highest BCUT2D eigenvalue weighted by Crippen LogP contribution is 2.33. The molecule has 0 bridgehead atoms. The minimum Gasteiger partial charge on any atom is -0.459 e. The molecule has 162 valence electrons. The number of furan rings is 1. The van der Waals surface area contributed by atoms with Crippen LogP contribution in [0.2, 0.25) is 0 Å². The largest absolute Gasteiger partial charge is 0.573 e. The number of hydrogen-bond acceptors (Lipinski definition) is 6. The summed E-state index contributed by atoms with van der Waals surface area (Å²) in [6.07, 6.45) is -4.82. The first-order valence-electron chi connectivity index (χ1n) is 9.07. The van der Waals surface area contributed by atoms with E-state index in [9.17, 15) is 22.8 Å². The van der Waals surface area contributed by atoms with Crippen LogP contribution < -0.4 is 10.1 Å². The topological polar surface area (TPSA) is 84.7 Å². The van der Waals surface area contributed by atoms with Crippen LogP contribution in [-0.4, -0.2) is 28.2 Å². The van der Waals surface area contributed by atoms with E-state index < -0.39 is 29.6 Å². The number of alkyl halides is 3. The van der Waals surface area contributed by atoms with Crippen molar-refractivity contribution < 1.29 is 31.9 Å². The van der Waals surface area contributed by atoms with Gasteiger partial charge in [-0.25, -0.2) is 9.78 Å². The Labute approximate surface area is 178 Å². The summed E-state index contributed by atoms with van der Waals surface area (Å²) in [6, 6.07) is 7.78. The van der Waals surface area contributed by atoms with E-state index in [0.29, 0.717) is 22.0 Å². The predicted molar refractivity (Wildman–Crippen MR) is 104 cm³/mol. The van der Waals surface area contributed by atoms with Crippen molar-refractivity contribution in [3.8, 4) is 16.5 Å². The molecule has 3 amide bonds. The van der Waals surface area contributed by atoms with Gasteiger partial charge in [0.1, 0.15) is 17.0 Å². The van der Waals surface area contributed by atoms with Crippen molar-refractivity contribution in [3.05, 3.63) is 58.8 Å². The molecule has 1 unspecified atom stereocenters. The van der Waals surface area contributed by atoms with Crippen LogP contribution in [0.3, 0.4) is 0 Å². The summed E-state index contributed by atoms with van der Waals surface area (Å²) >= 11 is 1.32. The van der Waals surface area contributed by atoms with Crippen LogP contribution >= 0.6 is 11.3 Å². The van der Waals surface area contributed by atoms with E-state index in [4.69, 9.17) is 4.42 Å². The van der Waals surface area contributed by atoms with Crippen molar-refractivity contribution in [1.29, 1.82) is 0 Å². The normalized spacial score (nSPS) is 19.1. The van der Waals surface area contributed by atoms with Crippen molar-refractivity contribution in [2.24, 2.45) is 0 Å². The highest BCUT2D eigenvalue weighted by Gasteiger charge is 2.49. The van der Waals surface area contributed by atoms with Crippen molar-refractivity contribution in [1.82, 2.24) is 15.2 Å². The van der Waals surface area contributed by atoms with Crippen LogP contribution in [0.25, 0.3) is 10.8 Å². The quantitative estimate of drug-likeness (QED) is 0.574. The molecule has 1 saturated heterocycles. The standard InChI is InChI=1S/C20H16F3N3O4S/c1-11-3-8-15(29-11)16-24-13(10-31-16)9-26-17(27)19(2,25-18(26)28)12-4-6-14(7-5-12)30-20(21,22)23/h3-8,10H,9H2,1-2H3,(H,25,28). The van der Waals surface area contributed by atoms with Crippen LogP contribution in [0, 0.1) is 6.92 Å². The number of aromatic nitrogens is 1. The summed E-state index contributed by atoms with van der Waals surface area (Å²) in [7, 11) is 0. The predicted octanol–water partition coefficient (Wildman–Crippen LogP) is 4.58. The Kier molecular flexibility index (Phi) is 5.00. The summed E-state index contributed by atoms with van der Waals surface area (Å²) in [6.45, 7) is 3.25. The number of nitrogens with one attached hydrogen (secondary N) is 1. The first-order chi connectivity index (χ1) is 14.5. The second-order valence-corrected chi connectivity index (χ2v) is 7.93. The molecule has 0 aliphatic carbocycles. The van der Waals surface area contributed by atoms with Gasteiger partial charge in [0.2, 0.25) is 0 Å². The number of rotatable bonds is 5. The second-order valence-electron chi connectivity index (χ2n) is 7.07. The molecule has 2 aromatic heterocycles. The third-order valence-corrected chi connectivity index (χ3v) is 5.67. The highest BCUT2D eigenvalue weighted by molar-refractivity contribution is 7.13. The minimum absolute atomic E-state index is 0.0499. The fourth-order valence-corrected chi connectivity index (χ4v) is 4.00. The van der Waals surface area contributed by atoms with Gasteiger partial charge in [-0.3, -0.25) is 9.69 Å². The molecule has 31 heavy (non-hydrogen) atoms. The van der Waals surface area contributed by atoms with E-state index in [1.165, 1.54) is 30.4 Å². The smallest absolute Gasteiger partial charge is 0.459 e. The summed E-state index contributed by atoms with van der Waals surface area (Å²) in [4.78, 5) is 31.0. The van der Waals surface area contributed by atoms with Crippen LogP contribution in [0.4, 0.5) is 18.0 Å². The lowest BCUT2D eigenvalue weighted by atomic mass is 9.92. The molecule has 7 nitrogen and oxygen atoms in total. The number of amides is 3. The van der Waals surface area contributed by atoms with E-state index in [1.807, 2.05) is 13.0 Å². The van der Waals surface area contributed by atoms with Gasteiger partial charge >= 0.3 is 12.4 Å².